The van der Waals surface area contributed by atoms with Crippen LogP contribution in [0.1, 0.15) is 18.0 Å². The van der Waals surface area contributed by atoms with Gasteiger partial charge in [0.25, 0.3) is 0 Å². The van der Waals surface area contributed by atoms with Crippen LogP contribution in [-0.2, 0) is 4.79 Å². The average molecular weight is 388 g/mol. The highest BCUT2D eigenvalue weighted by Crippen LogP contribution is 2.30. The van der Waals surface area contributed by atoms with Crippen LogP contribution in [0, 0.1) is 0 Å². The van der Waals surface area contributed by atoms with Crippen LogP contribution >= 0.6 is 11.8 Å². The SMILES string of the molecule is CC(SCC(=O)Nc1ccccc1-c1ccccc1)c1nc2ccccc2[nH]1. The number of anilines is 1. The summed E-state index contributed by atoms with van der Waals surface area (Å²) in [5, 5.41) is 3.15. The van der Waals surface area contributed by atoms with Gasteiger partial charge in [0.1, 0.15) is 5.82 Å². The second kappa shape index (κ2) is 8.31. The first-order valence-corrected chi connectivity index (χ1v) is 10.3. The third-order valence-electron chi connectivity index (χ3n) is 4.54. The molecule has 4 nitrogen and oxygen atoms in total. The number of para-hydroxylation sites is 3. The minimum absolute atomic E-state index is 0.0173. The van der Waals surface area contributed by atoms with Crippen molar-refractivity contribution in [2.45, 2.75) is 12.2 Å². The lowest BCUT2D eigenvalue weighted by atomic mass is 10.0. The van der Waals surface area contributed by atoms with Crippen LogP contribution in [0.4, 0.5) is 5.69 Å². The smallest absolute Gasteiger partial charge is 0.234 e. The predicted molar refractivity (Wildman–Crippen MR) is 117 cm³/mol. The fourth-order valence-electron chi connectivity index (χ4n) is 3.09. The van der Waals surface area contributed by atoms with Crippen molar-refractivity contribution >= 4 is 34.4 Å². The summed E-state index contributed by atoms with van der Waals surface area (Å²) in [5.74, 6) is 1.24. The van der Waals surface area contributed by atoms with Gasteiger partial charge in [-0.05, 0) is 30.7 Å². The number of H-pyrrole nitrogens is 1. The molecule has 0 fully saturated rings. The van der Waals surface area contributed by atoms with Gasteiger partial charge in [-0.2, -0.15) is 0 Å². The molecule has 140 valence electrons. The predicted octanol–water partition coefficient (Wildman–Crippen LogP) is 5.66. The van der Waals surface area contributed by atoms with Crippen LogP contribution in [0.25, 0.3) is 22.2 Å². The number of carbonyl (C=O) groups is 1. The van der Waals surface area contributed by atoms with E-state index >= 15 is 0 Å². The molecule has 0 saturated heterocycles. The minimum atomic E-state index is -0.0173. The van der Waals surface area contributed by atoms with E-state index in [4.69, 9.17) is 0 Å². The molecule has 4 aromatic rings. The summed E-state index contributed by atoms with van der Waals surface area (Å²) in [4.78, 5) is 20.5. The number of imidazole rings is 1. The Morgan fingerprint density at radius 2 is 1.71 bits per heavy atom. The number of rotatable bonds is 6. The zero-order valence-corrected chi connectivity index (χ0v) is 16.4. The van der Waals surface area contributed by atoms with Crippen molar-refractivity contribution in [2.75, 3.05) is 11.1 Å². The van der Waals surface area contributed by atoms with Gasteiger partial charge in [0, 0.05) is 11.3 Å². The molecule has 1 aromatic heterocycles. The third-order valence-corrected chi connectivity index (χ3v) is 5.70. The number of nitrogens with zero attached hydrogens (tertiary/aromatic N) is 1. The number of amides is 1. The van der Waals surface area contributed by atoms with E-state index < -0.39 is 0 Å². The van der Waals surface area contributed by atoms with E-state index in [1.165, 1.54) is 0 Å². The zero-order chi connectivity index (χ0) is 19.3. The fraction of sp³-hybridized carbons (Fsp3) is 0.130. The molecule has 3 aromatic carbocycles. The number of carbonyl (C=O) groups excluding carboxylic acids is 1. The summed E-state index contributed by atoms with van der Waals surface area (Å²) in [6, 6.07) is 25.9. The number of aromatic nitrogens is 2. The Hall–Kier alpha value is -3.05. The Labute approximate surface area is 168 Å². The highest BCUT2D eigenvalue weighted by molar-refractivity contribution is 8.00. The van der Waals surface area contributed by atoms with Crippen LogP contribution in [-0.4, -0.2) is 21.6 Å². The Kier molecular flexibility index (Phi) is 5.44. The second-order valence-corrected chi connectivity index (χ2v) is 7.88. The van der Waals surface area contributed by atoms with Gasteiger partial charge in [0.05, 0.1) is 22.0 Å². The molecule has 0 aliphatic rings. The Balaban J connectivity index is 1.41. The van der Waals surface area contributed by atoms with Crippen LogP contribution in [0.3, 0.4) is 0 Å². The summed E-state index contributed by atoms with van der Waals surface area (Å²) in [6.45, 7) is 2.06. The van der Waals surface area contributed by atoms with Crippen molar-refractivity contribution in [1.82, 2.24) is 9.97 Å². The summed E-state index contributed by atoms with van der Waals surface area (Å²) < 4.78 is 0. The van der Waals surface area contributed by atoms with Crippen molar-refractivity contribution in [2.24, 2.45) is 0 Å². The van der Waals surface area contributed by atoms with E-state index in [1.807, 2.05) is 78.9 Å². The van der Waals surface area contributed by atoms with E-state index in [1.54, 1.807) is 11.8 Å². The van der Waals surface area contributed by atoms with Gasteiger partial charge < -0.3 is 10.3 Å². The lowest BCUT2D eigenvalue weighted by Gasteiger charge is -2.12. The fourth-order valence-corrected chi connectivity index (χ4v) is 3.84. The van der Waals surface area contributed by atoms with E-state index in [9.17, 15) is 4.79 Å². The largest absolute Gasteiger partial charge is 0.341 e. The average Bonchev–Trinajstić information content (AvgIpc) is 3.17. The van der Waals surface area contributed by atoms with Gasteiger partial charge in [-0.1, -0.05) is 60.7 Å². The van der Waals surface area contributed by atoms with Crippen LogP contribution in [0.2, 0.25) is 0 Å². The lowest BCUT2D eigenvalue weighted by Crippen LogP contribution is -2.15. The van der Waals surface area contributed by atoms with Crippen molar-refractivity contribution in [3.8, 4) is 11.1 Å². The number of hydrogen-bond donors (Lipinski definition) is 2. The van der Waals surface area contributed by atoms with E-state index in [0.717, 1.165) is 33.7 Å². The Morgan fingerprint density at radius 1 is 1.00 bits per heavy atom. The van der Waals surface area contributed by atoms with Gasteiger partial charge in [0.2, 0.25) is 5.91 Å². The topological polar surface area (TPSA) is 57.8 Å². The standard InChI is InChI=1S/C23H21N3OS/c1-16(23-25-20-13-7-8-14-21(20)26-23)28-15-22(27)24-19-12-6-5-11-18(19)17-9-3-2-4-10-17/h2-14,16H,15H2,1H3,(H,24,27)(H,25,26). The summed E-state index contributed by atoms with van der Waals surface area (Å²) in [7, 11) is 0. The van der Waals surface area contributed by atoms with Crippen LogP contribution in [0.15, 0.2) is 78.9 Å². The van der Waals surface area contributed by atoms with Gasteiger partial charge in [-0.3, -0.25) is 4.79 Å². The quantitative estimate of drug-likeness (QED) is 0.449. The molecule has 0 aliphatic carbocycles. The third kappa shape index (κ3) is 4.10. The molecule has 1 atom stereocenters. The molecule has 1 amide bonds. The highest BCUT2D eigenvalue weighted by atomic mass is 32.2. The number of nitrogens with one attached hydrogen (secondary N) is 2. The molecule has 4 rings (SSSR count). The normalized spacial score (nSPS) is 12.0. The van der Waals surface area contributed by atoms with Crippen molar-refractivity contribution in [1.29, 1.82) is 0 Å². The molecular formula is C23H21N3OS. The molecule has 0 aliphatic heterocycles. The first kappa shape index (κ1) is 18.3. The number of benzene rings is 3. The number of thioether (sulfide) groups is 1. The molecule has 28 heavy (non-hydrogen) atoms. The molecule has 2 N–H and O–H groups in total. The van der Waals surface area contributed by atoms with Crippen LogP contribution < -0.4 is 5.32 Å². The molecule has 5 heteroatoms. The first-order chi connectivity index (χ1) is 13.7. The molecular weight excluding hydrogens is 366 g/mol. The van der Waals surface area contributed by atoms with E-state index in [-0.39, 0.29) is 11.2 Å². The molecule has 0 bridgehead atoms. The van der Waals surface area contributed by atoms with Crippen LogP contribution in [0.5, 0.6) is 0 Å². The zero-order valence-electron chi connectivity index (χ0n) is 15.6. The van der Waals surface area contributed by atoms with Gasteiger partial charge in [0.15, 0.2) is 0 Å². The highest BCUT2D eigenvalue weighted by Gasteiger charge is 2.14. The summed E-state index contributed by atoms with van der Waals surface area (Å²) in [6.07, 6.45) is 0. The van der Waals surface area contributed by atoms with Crippen molar-refractivity contribution in [3.63, 3.8) is 0 Å². The first-order valence-electron chi connectivity index (χ1n) is 9.21. The maximum absolute atomic E-state index is 12.5. The van der Waals surface area contributed by atoms with E-state index in [0.29, 0.717) is 5.75 Å². The van der Waals surface area contributed by atoms with Gasteiger partial charge in [-0.15, -0.1) is 11.8 Å². The monoisotopic (exact) mass is 387 g/mol. The van der Waals surface area contributed by atoms with Gasteiger partial charge in [-0.25, -0.2) is 4.98 Å². The maximum atomic E-state index is 12.5. The lowest BCUT2D eigenvalue weighted by molar-refractivity contribution is -0.113. The Bertz CT molecular complexity index is 1060. The molecule has 1 unspecified atom stereocenters. The summed E-state index contributed by atoms with van der Waals surface area (Å²) >= 11 is 1.57. The molecule has 0 saturated carbocycles. The Morgan fingerprint density at radius 3 is 2.54 bits per heavy atom. The molecule has 0 radical (unpaired) electrons. The van der Waals surface area contributed by atoms with Gasteiger partial charge >= 0.3 is 0 Å². The number of hydrogen-bond acceptors (Lipinski definition) is 3. The maximum Gasteiger partial charge on any atom is 0.234 e. The number of aromatic amines is 1. The number of fused-ring (bicyclic) bond motifs is 1. The van der Waals surface area contributed by atoms with Crippen molar-refractivity contribution < 1.29 is 4.79 Å². The second-order valence-electron chi connectivity index (χ2n) is 6.55. The van der Waals surface area contributed by atoms with Crippen molar-refractivity contribution in [3.05, 3.63) is 84.7 Å². The van der Waals surface area contributed by atoms with E-state index in [2.05, 4.69) is 22.2 Å². The molecule has 0 spiro atoms. The molecule has 1 heterocycles. The summed E-state index contributed by atoms with van der Waals surface area (Å²) in [5.41, 5.74) is 4.90. The minimum Gasteiger partial charge on any atom is -0.341 e.